The van der Waals surface area contributed by atoms with Crippen LogP contribution < -0.4 is 0 Å². The predicted octanol–water partition coefficient (Wildman–Crippen LogP) is 1.34. The van der Waals surface area contributed by atoms with Gasteiger partial charge < -0.3 is 5.11 Å². The van der Waals surface area contributed by atoms with Crippen LogP contribution in [0.25, 0.3) is 0 Å². The van der Waals surface area contributed by atoms with Crippen LogP contribution in [0.1, 0.15) is 19.8 Å². The largest absolute Gasteiger partial charge is 0.392 e. The predicted molar refractivity (Wildman–Crippen MR) is 33.4 cm³/mol. The average molecular weight is 119 g/mol. The van der Waals surface area contributed by atoms with Crippen LogP contribution in [0.3, 0.4) is 0 Å². The Bertz CT molecular complexity index is 39.1. The molecule has 0 aliphatic heterocycles. The van der Waals surface area contributed by atoms with Crippen molar-refractivity contribution in [3.63, 3.8) is 0 Å². The van der Waals surface area contributed by atoms with Crippen molar-refractivity contribution in [2.45, 2.75) is 25.9 Å². The maximum atomic E-state index is 8.75. The van der Waals surface area contributed by atoms with Crippen LogP contribution in [-0.2, 0) is 0 Å². The number of rotatable bonds is 3. The lowest BCUT2D eigenvalue weighted by Crippen LogP contribution is -2.06. The molecule has 0 saturated heterocycles. The van der Waals surface area contributed by atoms with E-state index in [0.29, 0.717) is 5.75 Å². The van der Waals surface area contributed by atoms with Crippen molar-refractivity contribution >= 4 is 12.6 Å². The van der Waals surface area contributed by atoms with E-state index in [1.54, 1.807) is 0 Å². The third-order valence-electron chi connectivity index (χ3n) is 0.814. The fourth-order valence-electron chi connectivity index (χ4n) is 0.417. The SMILES string of the molecule is CCCC(O)C[S]. The normalized spacial score (nSPS) is 14.1. The molecule has 2 heteroatoms. The summed E-state index contributed by atoms with van der Waals surface area (Å²) in [6.07, 6.45) is 1.64. The summed E-state index contributed by atoms with van der Waals surface area (Å²) in [6, 6.07) is 0. The van der Waals surface area contributed by atoms with E-state index >= 15 is 0 Å². The maximum Gasteiger partial charge on any atom is 0.0638 e. The average Bonchev–Trinajstić information content (AvgIpc) is 1.68. The summed E-state index contributed by atoms with van der Waals surface area (Å²) < 4.78 is 0. The zero-order valence-electron chi connectivity index (χ0n) is 4.55. The lowest BCUT2D eigenvalue weighted by Gasteiger charge is -2.00. The molecule has 7 heavy (non-hydrogen) atoms. The van der Waals surface area contributed by atoms with Crippen LogP contribution in [0.2, 0.25) is 0 Å². The molecule has 0 aliphatic rings. The van der Waals surface area contributed by atoms with Gasteiger partial charge in [-0.25, -0.2) is 0 Å². The zero-order chi connectivity index (χ0) is 5.70. The summed E-state index contributed by atoms with van der Waals surface area (Å²) in [5, 5.41) is 8.75. The second kappa shape index (κ2) is 4.47. The highest BCUT2D eigenvalue weighted by Crippen LogP contribution is 1.96. The van der Waals surface area contributed by atoms with Gasteiger partial charge in [0.15, 0.2) is 0 Å². The molecule has 0 heterocycles. The molecule has 0 aromatic carbocycles. The lowest BCUT2D eigenvalue weighted by molar-refractivity contribution is 0.188. The molecule has 1 nitrogen and oxygen atoms in total. The molecule has 1 unspecified atom stereocenters. The van der Waals surface area contributed by atoms with Crippen molar-refractivity contribution in [3.05, 3.63) is 0 Å². The Morgan fingerprint density at radius 1 is 1.71 bits per heavy atom. The zero-order valence-corrected chi connectivity index (χ0v) is 5.37. The van der Waals surface area contributed by atoms with Crippen LogP contribution in [0.4, 0.5) is 0 Å². The lowest BCUT2D eigenvalue weighted by atomic mass is 10.2. The van der Waals surface area contributed by atoms with Crippen LogP contribution in [0.15, 0.2) is 0 Å². The van der Waals surface area contributed by atoms with E-state index in [-0.39, 0.29) is 6.10 Å². The van der Waals surface area contributed by atoms with Gasteiger partial charge in [-0.1, -0.05) is 26.0 Å². The molecule has 0 spiro atoms. The monoisotopic (exact) mass is 119 g/mol. The topological polar surface area (TPSA) is 20.2 Å². The highest BCUT2D eigenvalue weighted by molar-refractivity contribution is 7.80. The van der Waals surface area contributed by atoms with Gasteiger partial charge in [0.25, 0.3) is 0 Å². The summed E-state index contributed by atoms with van der Waals surface area (Å²) >= 11 is 4.59. The van der Waals surface area contributed by atoms with Crippen molar-refractivity contribution in [2.24, 2.45) is 0 Å². The highest BCUT2D eigenvalue weighted by Gasteiger charge is 1.95. The first-order chi connectivity index (χ1) is 3.31. The minimum absolute atomic E-state index is 0.236. The first-order valence-corrected chi connectivity index (χ1v) is 3.15. The van der Waals surface area contributed by atoms with E-state index in [9.17, 15) is 0 Å². The molecule has 43 valence electrons. The first-order valence-electron chi connectivity index (χ1n) is 2.57. The Morgan fingerprint density at radius 3 is 2.43 bits per heavy atom. The Morgan fingerprint density at radius 2 is 2.29 bits per heavy atom. The van der Waals surface area contributed by atoms with Gasteiger partial charge in [0.2, 0.25) is 0 Å². The third-order valence-corrected chi connectivity index (χ3v) is 1.20. The van der Waals surface area contributed by atoms with Gasteiger partial charge in [-0.05, 0) is 6.42 Å². The molecule has 0 rings (SSSR count). The van der Waals surface area contributed by atoms with Crippen LogP contribution >= 0.6 is 12.6 Å². The molecule has 1 N–H and O–H groups in total. The first kappa shape index (κ1) is 7.31. The number of hydrogen-bond donors (Lipinski definition) is 1. The van der Waals surface area contributed by atoms with E-state index < -0.39 is 0 Å². The quantitative estimate of drug-likeness (QED) is 0.594. The number of aliphatic hydroxyl groups excluding tert-OH is 1. The molecule has 1 atom stereocenters. The van der Waals surface area contributed by atoms with Gasteiger partial charge in [-0.15, -0.1) is 0 Å². The molecular formula is C5H11OS. The molecule has 0 saturated carbocycles. The number of hydrogen-bond acceptors (Lipinski definition) is 1. The maximum absolute atomic E-state index is 8.75. The van der Waals surface area contributed by atoms with Gasteiger partial charge in [-0.2, -0.15) is 0 Å². The Hall–Kier alpha value is 0.310. The van der Waals surface area contributed by atoms with Crippen molar-refractivity contribution < 1.29 is 5.11 Å². The van der Waals surface area contributed by atoms with Gasteiger partial charge in [-0.3, -0.25) is 0 Å². The molecule has 0 fully saturated rings. The van der Waals surface area contributed by atoms with E-state index in [2.05, 4.69) is 12.6 Å². The molecule has 0 aromatic rings. The van der Waals surface area contributed by atoms with Gasteiger partial charge in [0.05, 0.1) is 6.10 Å². The van der Waals surface area contributed by atoms with Crippen molar-refractivity contribution in [2.75, 3.05) is 5.75 Å². The van der Waals surface area contributed by atoms with E-state index in [0.717, 1.165) is 12.8 Å². The summed E-state index contributed by atoms with van der Waals surface area (Å²) in [7, 11) is 0. The molecule has 1 radical (unpaired) electrons. The number of aliphatic hydroxyl groups is 1. The Labute approximate surface area is 50.1 Å². The summed E-state index contributed by atoms with van der Waals surface area (Å²) in [5.41, 5.74) is 0. The second-order valence-electron chi connectivity index (χ2n) is 1.61. The van der Waals surface area contributed by atoms with Crippen LogP contribution in [0.5, 0.6) is 0 Å². The summed E-state index contributed by atoms with van der Waals surface area (Å²) in [6.45, 7) is 2.04. The summed E-state index contributed by atoms with van der Waals surface area (Å²) in [4.78, 5) is 0. The second-order valence-corrected chi connectivity index (χ2v) is 1.94. The molecule has 0 aliphatic carbocycles. The van der Waals surface area contributed by atoms with Crippen molar-refractivity contribution in [1.82, 2.24) is 0 Å². The minimum atomic E-state index is -0.236. The molecule has 0 aromatic heterocycles. The summed E-state index contributed by atoms with van der Waals surface area (Å²) in [5.74, 6) is 0.480. The minimum Gasteiger partial charge on any atom is -0.392 e. The fraction of sp³-hybridized carbons (Fsp3) is 1.00. The molecule has 0 amide bonds. The third kappa shape index (κ3) is 4.16. The fourth-order valence-corrected chi connectivity index (χ4v) is 0.583. The van der Waals surface area contributed by atoms with E-state index in [1.807, 2.05) is 6.92 Å². The molecular weight excluding hydrogens is 108 g/mol. The van der Waals surface area contributed by atoms with Gasteiger partial charge in [0, 0.05) is 5.75 Å². The van der Waals surface area contributed by atoms with E-state index in [1.165, 1.54) is 0 Å². The van der Waals surface area contributed by atoms with Crippen LogP contribution in [-0.4, -0.2) is 17.0 Å². The Balaban J connectivity index is 2.83. The van der Waals surface area contributed by atoms with Crippen molar-refractivity contribution in [3.8, 4) is 0 Å². The smallest absolute Gasteiger partial charge is 0.0638 e. The Kier molecular flexibility index (Phi) is 4.67. The van der Waals surface area contributed by atoms with Gasteiger partial charge >= 0.3 is 0 Å². The van der Waals surface area contributed by atoms with Gasteiger partial charge in [0.1, 0.15) is 0 Å². The standard InChI is InChI=1S/C5H11OS/c1-2-3-5(6)4-7/h5-6H,2-4H2,1H3. The van der Waals surface area contributed by atoms with E-state index in [4.69, 9.17) is 5.11 Å². The molecule has 0 bridgehead atoms. The van der Waals surface area contributed by atoms with Crippen LogP contribution in [0, 0.1) is 0 Å². The van der Waals surface area contributed by atoms with Crippen molar-refractivity contribution in [1.29, 1.82) is 0 Å². The highest BCUT2D eigenvalue weighted by atomic mass is 32.1.